The van der Waals surface area contributed by atoms with Crippen LogP contribution in [0.25, 0.3) is 11.4 Å². The van der Waals surface area contributed by atoms with Gasteiger partial charge in [-0.05, 0) is 24.8 Å². The lowest BCUT2D eigenvalue weighted by molar-refractivity contribution is 0.294. The molecule has 3 aromatic rings. The van der Waals surface area contributed by atoms with Crippen molar-refractivity contribution in [2.45, 2.75) is 31.0 Å². The van der Waals surface area contributed by atoms with Gasteiger partial charge in [-0.1, -0.05) is 30.3 Å². The summed E-state index contributed by atoms with van der Waals surface area (Å²) in [6.07, 6.45) is 6.07. The highest BCUT2D eigenvalue weighted by molar-refractivity contribution is 7.90. The van der Waals surface area contributed by atoms with Gasteiger partial charge >= 0.3 is 0 Å². The first-order chi connectivity index (χ1) is 14.0. The monoisotopic (exact) mass is 414 g/mol. The number of aromatic nitrogens is 5. The molecule has 0 atom stereocenters. The van der Waals surface area contributed by atoms with Crippen LogP contribution in [0.4, 0.5) is 5.95 Å². The van der Waals surface area contributed by atoms with Crippen LogP contribution in [0.1, 0.15) is 24.8 Å². The predicted octanol–water partition coefficient (Wildman–Crippen LogP) is 2.23. The van der Waals surface area contributed by atoms with E-state index in [0.29, 0.717) is 24.0 Å². The van der Waals surface area contributed by atoms with Gasteiger partial charge in [0.1, 0.15) is 12.2 Å². The molecule has 0 amide bonds. The Kier molecular flexibility index (Phi) is 5.43. The molecule has 9 nitrogen and oxygen atoms in total. The number of piperidine rings is 1. The third-order valence-electron chi connectivity index (χ3n) is 4.66. The molecule has 0 radical (unpaired) electrons. The molecule has 1 aromatic carbocycles. The quantitative estimate of drug-likeness (QED) is 0.653. The number of hydrogen-bond acceptors (Lipinski definition) is 8. The molecule has 1 N–H and O–H groups in total. The Hall–Kier alpha value is -3.01. The zero-order valence-corrected chi connectivity index (χ0v) is 16.9. The smallest absolute Gasteiger partial charge is 0.243 e. The van der Waals surface area contributed by atoms with Crippen LogP contribution < -0.4 is 9.64 Å². The van der Waals surface area contributed by atoms with E-state index in [9.17, 15) is 8.42 Å². The van der Waals surface area contributed by atoms with Crippen LogP contribution in [0, 0.1) is 0 Å². The molecule has 0 saturated carbocycles. The summed E-state index contributed by atoms with van der Waals surface area (Å²) >= 11 is 0. The van der Waals surface area contributed by atoms with E-state index >= 15 is 0 Å². The third kappa shape index (κ3) is 4.53. The fourth-order valence-electron chi connectivity index (χ4n) is 3.13. The van der Waals surface area contributed by atoms with Gasteiger partial charge in [-0.15, -0.1) is 0 Å². The highest BCUT2D eigenvalue weighted by Crippen LogP contribution is 2.29. The Bertz CT molecular complexity index is 1080. The first-order valence-electron chi connectivity index (χ1n) is 9.42. The minimum atomic E-state index is -3.50. The molecular weight excluding hydrogens is 392 g/mol. The van der Waals surface area contributed by atoms with Crippen molar-refractivity contribution < 1.29 is 13.2 Å². The lowest BCUT2D eigenvalue weighted by atomic mass is 10.1. The van der Waals surface area contributed by atoms with Crippen LogP contribution in [0.15, 0.2) is 41.7 Å². The summed E-state index contributed by atoms with van der Waals surface area (Å²) in [6.45, 7) is 2.11. The highest BCUT2D eigenvalue weighted by Gasteiger charge is 2.21. The van der Waals surface area contributed by atoms with Crippen LogP contribution in [-0.2, 0) is 16.4 Å². The maximum atomic E-state index is 11.7. The standard InChI is InChI=1S/C19H22N6O3S/c1-29(26,27)19-21-16(23-24-19)15-12-20-18(25-10-6-3-7-11-25)22-17(15)28-13-14-8-4-2-5-9-14/h2,4-5,8-9,12H,3,6-7,10-11,13H2,1H3,(H,21,23,24). The summed E-state index contributed by atoms with van der Waals surface area (Å²) in [5, 5.41) is 6.27. The third-order valence-corrected chi connectivity index (χ3v) is 5.54. The van der Waals surface area contributed by atoms with E-state index in [1.165, 1.54) is 6.42 Å². The van der Waals surface area contributed by atoms with Crippen LogP contribution in [0.3, 0.4) is 0 Å². The summed E-state index contributed by atoms with van der Waals surface area (Å²) in [5.41, 5.74) is 1.43. The largest absolute Gasteiger partial charge is 0.472 e. The first kappa shape index (κ1) is 19.3. The van der Waals surface area contributed by atoms with Gasteiger partial charge in [0.15, 0.2) is 5.82 Å². The maximum Gasteiger partial charge on any atom is 0.243 e. The Balaban J connectivity index is 1.67. The zero-order valence-electron chi connectivity index (χ0n) is 16.1. The normalized spacial score (nSPS) is 14.7. The van der Waals surface area contributed by atoms with E-state index < -0.39 is 9.84 Å². The van der Waals surface area contributed by atoms with Crippen molar-refractivity contribution in [2.75, 3.05) is 24.2 Å². The molecule has 0 aliphatic carbocycles. The van der Waals surface area contributed by atoms with Crippen molar-refractivity contribution in [3.8, 4) is 17.3 Å². The summed E-state index contributed by atoms with van der Waals surface area (Å²) in [7, 11) is -3.50. The van der Waals surface area contributed by atoms with Crippen molar-refractivity contribution in [3.05, 3.63) is 42.1 Å². The number of anilines is 1. The second kappa shape index (κ2) is 8.16. The van der Waals surface area contributed by atoms with Gasteiger partial charge in [0.25, 0.3) is 0 Å². The number of sulfone groups is 1. The molecule has 0 spiro atoms. The van der Waals surface area contributed by atoms with Crippen molar-refractivity contribution in [1.29, 1.82) is 0 Å². The van der Waals surface area contributed by atoms with Crippen molar-refractivity contribution in [1.82, 2.24) is 25.1 Å². The lowest BCUT2D eigenvalue weighted by Gasteiger charge is -2.26. The minimum Gasteiger partial charge on any atom is -0.472 e. The fraction of sp³-hybridized carbons (Fsp3) is 0.368. The first-order valence-corrected chi connectivity index (χ1v) is 11.3. The molecule has 1 aliphatic heterocycles. The fourth-order valence-corrected chi connectivity index (χ4v) is 3.59. The number of aromatic amines is 1. The number of nitrogens with zero attached hydrogens (tertiary/aromatic N) is 5. The Labute approximate surface area is 169 Å². The molecule has 1 fully saturated rings. The van der Waals surface area contributed by atoms with Crippen molar-refractivity contribution in [2.24, 2.45) is 0 Å². The van der Waals surface area contributed by atoms with Gasteiger partial charge < -0.3 is 9.64 Å². The predicted molar refractivity (Wildman–Crippen MR) is 107 cm³/mol. The van der Waals surface area contributed by atoms with Crippen molar-refractivity contribution >= 4 is 15.8 Å². The van der Waals surface area contributed by atoms with Gasteiger partial charge in [-0.3, -0.25) is 0 Å². The summed E-state index contributed by atoms with van der Waals surface area (Å²) in [4.78, 5) is 15.3. The molecular formula is C19H22N6O3S. The van der Waals surface area contributed by atoms with E-state index in [2.05, 4.69) is 30.0 Å². The molecule has 1 saturated heterocycles. The maximum absolute atomic E-state index is 11.7. The lowest BCUT2D eigenvalue weighted by Crippen LogP contribution is -2.31. The van der Waals surface area contributed by atoms with Crippen LogP contribution in [0.5, 0.6) is 5.88 Å². The Morgan fingerprint density at radius 1 is 1.10 bits per heavy atom. The number of benzene rings is 1. The molecule has 2 aromatic heterocycles. The molecule has 0 unspecified atom stereocenters. The van der Waals surface area contributed by atoms with Crippen molar-refractivity contribution in [3.63, 3.8) is 0 Å². The average Bonchev–Trinajstić information content (AvgIpc) is 3.24. The number of hydrogen-bond donors (Lipinski definition) is 1. The van der Waals surface area contributed by atoms with Crippen LogP contribution in [-0.4, -0.2) is 52.9 Å². The van der Waals surface area contributed by atoms with Gasteiger partial charge in [-0.25, -0.2) is 18.5 Å². The molecule has 29 heavy (non-hydrogen) atoms. The molecule has 0 bridgehead atoms. The van der Waals surface area contributed by atoms with Gasteiger partial charge in [0, 0.05) is 25.5 Å². The minimum absolute atomic E-state index is 0.179. The number of nitrogens with one attached hydrogen (secondary N) is 1. The van der Waals surface area contributed by atoms with Crippen LogP contribution >= 0.6 is 0 Å². The number of ether oxygens (including phenoxy) is 1. The highest BCUT2D eigenvalue weighted by atomic mass is 32.2. The van der Waals surface area contributed by atoms with E-state index in [-0.39, 0.29) is 11.0 Å². The Morgan fingerprint density at radius 3 is 2.55 bits per heavy atom. The van der Waals surface area contributed by atoms with E-state index in [0.717, 1.165) is 37.8 Å². The number of H-pyrrole nitrogens is 1. The molecule has 4 rings (SSSR count). The van der Waals surface area contributed by atoms with Crippen LogP contribution in [0.2, 0.25) is 0 Å². The summed E-state index contributed by atoms with van der Waals surface area (Å²) in [5.74, 6) is 1.09. The van der Waals surface area contributed by atoms with Gasteiger partial charge in [0.2, 0.25) is 26.8 Å². The van der Waals surface area contributed by atoms with Gasteiger partial charge in [-0.2, -0.15) is 15.1 Å². The molecule has 10 heteroatoms. The SMILES string of the molecule is CS(=O)(=O)c1nc(-c2cnc(N3CCCCC3)nc2OCc2ccccc2)n[nH]1. The molecule has 3 heterocycles. The van der Waals surface area contributed by atoms with E-state index in [4.69, 9.17) is 4.74 Å². The average molecular weight is 414 g/mol. The Morgan fingerprint density at radius 2 is 1.86 bits per heavy atom. The number of rotatable bonds is 6. The second-order valence-corrected chi connectivity index (χ2v) is 8.88. The topological polar surface area (TPSA) is 114 Å². The molecule has 1 aliphatic rings. The zero-order chi connectivity index (χ0) is 20.3. The van der Waals surface area contributed by atoms with E-state index in [1.807, 2.05) is 30.3 Å². The summed E-state index contributed by atoms with van der Waals surface area (Å²) < 4.78 is 29.4. The summed E-state index contributed by atoms with van der Waals surface area (Å²) in [6, 6.07) is 9.73. The van der Waals surface area contributed by atoms with Gasteiger partial charge in [0.05, 0.1) is 0 Å². The van der Waals surface area contributed by atoms with E-state index in [1.54, 1.807) is 6.20 Å². The molecule has 152 valence electrons. The second-order valence-electron chi connectivity index (χ2n) is 6.95.